The van der Waals surface area contributed by atoms with Crippen LogP contribution in [0.25, 0.3) is 0 Å². The first kappa shape index (κ1) is 8.38. The van der Waals surface area contributed by atoms with Crippen molar-refractivity contribution in [2.45, 2.75) is 13.0 Å². The van der Waals surface area contributed by atoms with Gasteiger partial charge in [-0.1, -0.05) is 17.7 Å². The minimum atomic E-state index is -0.229. The van der Waals surface area contributed by atoms with Crippen molar-refractivity contribution in [3.8, 4) is 0 Å². The number of rotatable bonds is 0. The van der Waals surface area contributed by atoms with Gasteiger partial charge in [0.2, 0.25) is 5.91 Å². The summed E-state index contributed by atoms with van der Waals surface area (Å²) < 4.78 is 0. The number of anilines is 2. The predicted octanol–water partition coefficient (Wildman–Crippen LogP) is 2.09. The van der Waals surface area contributed by atoms with E-state index in [-0.39, 0.29) is 11.9 Å². The molecule has 0 aromatic heterocycles. The molecule has 0 spiro atoms. The van der Waals surface area contributed by atoms with Gasteiger partial charge in [0.25, 0.3) is 0 Å². The van der Waals surface area contributed by atoms with Gasteiger partial charge in [0.15, 0.2) is 0 Å². The van der Waals surface area contributed by atoms with Gasteiger partial charge in [-0.2, -0.15) is 0 Å². The third-order valence-corrected chi connectivity index (χ3v) is 2.34. The third-order valence-electron chi connectivity index (χ3n) is 2.03. The molecule has 0 fully saturated rings. The monoisotopic (exact) mass is 196 g/mol. The molecule has 1 aromatic rings. The minimum absolute atomic E-state index is 0.0326. The van der Waals surface area contributed by atoms with E-state index < -0.39 is 0 Å². The molecule has 2 N–H and O–H groups in total. The molecular formula is C9H9ClN2O. The molecule has 2 rings (SSSR count). The quantitative estimate of drug-likeness (QED) is 0.667. The fourth-order valence-electron chi connectivity index (χ4n) is 1.30. The van der Waals surface area contributed by atoms with Gasteiger partial charge in [0.05, 0.1) is 16.4 Å². The molecule has 1 amide bonds. The van der Waals surface area contributed by atoms with Gasteiger partial charge in [0, 0.05) is 0 Å². The summed E-state index contributed by atoms with van der Waals surface area (Å²) in [6, 6.07) is 5.18. The molecule has 0 saturated heterocycles. The van der Waals surface area contributed by atoms with Crippen molar-refractivity contribution in [3.05, 3.63) is 23.2 Å². The number of halogens is 1. The van der Waals surface area contributed by atoms with Crippen LogP contribution in [0.4, 0.5) is 11.4 Å². The second kappa shape index (κ2) is 2.92. The molecule has 0 saturated carbocycles. The van der Waals surface area contributed by atoms with Gasteiger partial charge >= 0.3 is 0 Å². The van der Waals surface area contributed by atoms with Crippen LogP contribution in [0, 0.1) is 0 Å². The SMILES string of the molecule is CC1Nc2c(Cl)cccc2NC1=O. The molecule has 1 aliphatic heterocycles. The molecule has 0 aliphatic carbocycles. The molecule has 13 heavy (non-hydrogen) atoms. The number of fused-ring (bicyclic) bond motifs is 1. The van der Waals surface area contributed by atoms with Crippen molar-refractivity contribution in [2.75, 3.05) is 10.6 Å². The van der Waals surface area contributed by atoms with E-state index in [2.05, 4.69) is 10.6 Å². The van der Waals surface area contributed by atoms with Gasteiger partial charge in [-0.15, -0.1) is 0 Å². The second-order valence-electron chi connectivity index (χ2n) is 3.02. The Bertz CT molecular complexity index is 365. The fraction of sp³-hybridized carbons (Fsp3) is 0.222. The summed E-state index contributed by atoms with van der Waals surface area (Å²) in [6.07, 6.45) is 0. The number of hydrogen-bond donors (Lipinski definition) is 2. The summed E-state index contributed by atoms with van der Waals surface area (Å²) >= 11 is 5.94. The predicted molar refractivity (Wildman–Crippen MR) is 53.2 cm³/mol. The molecule has 4 heteroatoms. The number of carbonyl (C=O) groups is 1. The number of nitrogens with one attached hydrogen (secondary N) is 2. The van der Waals surface area contributed by atoms with E-state index in [1.807, 2.05) is 6.07 Å². The molecule has 3 nitrogen and oxygen atoms in total. The van der Waals surface area contributed by atoms with Crippen LogP contribution in [-0.4, -0.2) is 11.9 Å². The lowest BCUT2D eigenvalue weighted by Gasteiger charge is -2.24. The number of amides is 1. The summed E-state index contributed by atoms with van der Waals surface area (Å²) in [5, 5.41) is 6.43. The van der Waals surface area contributed by atoms with E-state index in [9.17, 15) is 4.79 Å². The van der Waals surface area contributed by atoms with E-state index in [1.54, 1.807) is 19.1 Å². The normalized spacial score (nSPS) is 20.2. The van der Waals surface area contributed by atoms with Crippen LogP contribution < -0.4 is 10.6 Å². The van der Waals surface area contributed by atoms with Crippen LogP contribution >= 0.6 is 11.6 Å². The molecule has 1 heterocycles. The first-order chi connectivity index (χ1) is 6.18. The van der Waals surface area contributed by atoms with E-state index in [1.165, 1.54) is 0 Å². The number of carbonyl (C=O) groups excluding carboxylic acids is 1. The Morgan fingerprint density at radius 1 is 1.46 bits per heavy atom. The Hall–Kier alpha value is -1.22. The van der Waals surface area contributed by atoms with Crippen LogP contribution in [-0.2, 0) is 4.79 Å². The Balaban J connectivity index is 2.48. The number of hydrogen-bond acceptors (Lipinski definition) is 2. The number of benzene rings is 1. The number of para-hydroxylation sites is 1. The highest BCUT2D eigenvalue weighted by Gasteiger charge is 2.22. The van der Waals surface area contributed by atoms with Gasteiger partial charge in [-0.05, 0) is 19.1 Å². The van der Waals surface area contributed by atoms with Crippen molar-refractivity contribution in [1.29, 1.82) is 0 Å². The Labute approximate surface area is 81.1 Å². The maximum absolute atomic E-state index is 11.3. The summed E-state index contributed by atoms with van der Waals surface area (Å²) in [5.74, 6) is -0.0326. The average molecular weight is 197 g/mol. The summed E-state index contributed by atoms with van der Waals surface area (Å²) in [5.41, 5.74) is 1.55. The first-order valence-corrected chi connectivity index (χ1v) is 4.42. The summed E-state index contributed by atoms with van der Waals surface area (Å²) in [6.45, 7) is 1.79. The second-order valence-corrected chi connectivity index (χ2v) is 3.42. The Morgan fingerprint density at radius 3 is 3.00 bits per heavy atom. The van der Waals surface area contributed by atoms with Crippen LogP contribution in [0.2, 0.25) is 5.02 Å². The standard InChI is InChI=1S/C9H9ClN2O/c1-5-9(13)12-7-4-2-3-6(10)8(7)11-5/h2-5,11H,1H3,(H,12,13). The molecule has 1 unspecified atom stereocenters. The molecular weight excluding hydrogens is 188 g/mol. The van der Waals surface area contributed by atoms with Crippen molar-refractivity contribution in [1.82, 2.24) is 0 Å². The van der Waals surface area contributed by atoms with E-state index in [4.69, 9.17) is 11.6 Å². The largest absolute Gasteiger partial charge is 0.371 e. The van der Waals surface area contributed by atoms with Crippen molar-refractivity contribution >= 4 is 28.9 Å². The Morgan fingerprint density at radius 2 is 2.23 bits per heavy atom. The fourth-order valence-corrected chi connectivity index (χ4v) is 1.53. The van der Waals surface area contributed by atoms with Crippen LogP contribution in [0.15, 0.2) is 18.2 Å². The molecule has 1 atom stereocenters. The van der Waals surface area contributed by atoms with Crippen LogP contribution in [0.5, 0.6) is 0 Å². The Kier molecular flexibility index (Phi) is 1.88. The van der Waals surface area contributed by atoms with Crippen molar-refractivity contribution < 1.29 is 4.79 Å². The van der Waals surface area contributed by atoms with Crippen molar-refractivity contribution in [2.24, 2.45) is 0 Å². The maximum Gasteiger partial charge on any atom is 0.246 e. The zero-order valence-corrected chi connectivity index (χ0v) is 7.85. The van der Waals surface area contributed by atoms with Gasteiger partial charge in [-0.3, -0.25) is 4.79 Å². The highest BCUT2D eigenvalue weighted by atomic mass is 35.5. The highest BCUT2D eigenvalue weighted by Crippen LogP contribution is 2.33. The van der Waals surface area contributed by atoms with E-state index >= 15 is 0 Å². The van der Waals surface area contributed by atoms with E-state index in [0.29, 0.717) is 5.02 Å². The molecule has 0 radical (unpaired) electrons. The first-order valence-electron chi connectivity index (χ1n) is 4.04. The lowest BCUT2D eigenvalue weighted by Crippen LogP contribution is -2.36. The minimum Gasteiger partial charge on any atom is -0.371 e. The summed E-state index contributed by atoms with van der Waals surface area (Å²) in [7, 11) is 0. The smallest absolute Gasteiger partial charge is 0.246 e. The zero-order valence-electron chi connectivity index (χ0n) is 7.10. The van der Waals surface area contributed by atoms with Gasteiger partial charge in [-0.25, -0.2) is 0 Å². The summed E-state index contributed by atoms with van der Waals surface area (Å²) in [4.78, 5) is 11.3. The van der Waals surface area contributed by atoms with E-state index in [0.717, 1.165) is 11.4 Å². The zero-order chi connectivity index (χ0) is 9.42. The molecule has 1 aliphatic rings. The highest BCUT2D eigenvalue weighted by molar-refractivity contribution is 6.34. The van der Waals surface area contributed by atoms with Gasteiger partial charge < -0.3 is 10.6 Å². The van der Waals surface area contributed by atoms with Crippen LogP contribution in [0.1, 0.15) is 6.92 Å². The van der Waals surface area contributed by atoms with Gasteiger partial charge in [0.1, 0.15) is 6.04 Å². The average Bonchev–Trinajstić information content (AvgIpc) is 2.09. The molecule has 68 valence electrons. The maximum atomic E-state index is 11.3. The third kappa shape index (κ3) is 1.35. The lowest BCUT2D eigenvalue weighted by molar-refractivity contribution is -0.116. The van der Waals surface area contributed by atoms with Crippen LogP contribution in [0.3, 0.4) is 0 Å². The lowest BCUT2D eigenvalue weighted by atomic mass is 10.1. The molecule has 1 aromatic carbocycles. The topological polar surface area (TPSA) is 41.1 Å². The molecule has 0 bridgehead atoms. The van der Waals surface area contributed by atoms with Crippen molar-refractivity contribution in [3.63, 3.8) is 0 Å².